The molecule has 0 atom stereocenters. The summed E-state index contributed by atoms with van der Waals surface area (Å²) in [4.78, 5) is 12.0. The standard InChI is InChI=1S/C16H25N3O4S/c1-15(2,3)13-6-9-19(17-13)16(14(20)21)7-10-18(11-8-16)24(22,23)12-4-5-12/h6,9,12H,4-5,7-8,10-11H2,1-3H3,(H,20,21). The van der Waals surface area contributed by atoms with Crippen LogP contribution in [0.2, 0.25) is 0 Å². The molecule has 2 heterocycles. The molecule has 134 valence electrons. The minimum absolute atomic E-state index is 0.166. The molecule has 3 rings (SSSR count). The van der Waals surface area contributed by atoms with Crippen molar-refractivity contribution in [3.63, 3.8) is 0 Å². The first-order valence-electron chi connectivity index (χ1n) is 8.36. The Bertz CT molecular complexity index is 736. The van der Waals surface area contributed by atoms with E-state index >= 15 is 0 Å². The van der Waals surface area contributed by atoms with Crippen LogP contribution in [0.25, 0.3) is 0 Å². The fourth-order valence-electron chi connectivity index (χ4n) is 3.19. The molecule has 0 spiro atoms. The van der Waals surface area contributed by atoms with Gasteiger partial charge in [0.25, 0.3) is 0 Å². The third-order valence-electron chi connectivity index (χ3n) is 5.05. The molecule has 1 aliphatic carbocycles. The lowest BCUT2D eigenvalue weighted by Crippen LogP contribution is -2.53. The molecule has 2 fully saturated rings. The molecule has 1 saturated carbocycles. The summed E-state index contributed by atoms with van der Waals surface area (Å²) in [6.07, 6.45) is 3.62. The van der Waals surface area contributed by atoms with Gasteiger partial charge in [-0.2, -0.15) is 5.10 Å². The summed E-state index contributed by atoms with van der Waals surface area (Å²) in [5.74, 6) is -0.950. The second kappa shape index (κ2) is 5.56. The van der Waals surface area contributed by atoms with Gasteiger partial charge in [0, 0.05) is 24.7 Å². The van der Waals surface area contributed by atoms with E-state index in [-0.39, 0.29) is 36.6 Å². The van der Waals surface area contributed by atoms with Gasteiger partial charge in [0.15, 0.2) is 5.54 Å². The van der Waals surface area contributed by atoms with Crippen molar-refractivity contribution in [1.82, 2.24) is 14.1 Å². The lowest BCUT2D eigenvalue weighted by atomic mass is 9.88. The van der Waals surface area contributed by atoms with Gasteiger partial charge < -0.3 is 5.11 Å². The summed E-state index contributed by atoms with van der Waals surface area (Å²) >= 11 is 0. The molecule has 2 aliphatic rings. The van der Waals surface area contributed by atoms with Crippen molar-refractivity contribution in [2.24, 2.45) is 0 Å². The van der Waals surface area contributed by atoms with E-state index in [0.717, 1.165) is 18.5 Å². The van der Waals surface area contributed by atoms with E-state index in [4.69, 9.17) is 0 Å². The van der Waals surface area contributed by atoms with Crippen molar-refractivity contribution in [3.8, 4) is 0 Å². The van der Waals surface area contributed by atoms with Crippen LogP contribution in [0.15, 0.2) is 12.3 Å². The van der Waals surface area contributed by atoms with E-state index in [1.807, 2.05) is 26.8 Å². The highest BCUT2D eigenvalue weighted by Gasteiger charge is 2.49. The number of nitrogens with zero attached hydrogens (tertiary/aromatic N) is 3. The van der Waals surface area contributed by atoms with E-state index in [9.17, 15) is 18.3 Å². The first-order chi connectivity index (χ1) is 11.1. The van der Waals surface area contributed by atoms with E-state index in [0.29, 0.717) is 0 Å². The Balaban J connectivity index is 1.84. The highest BCUT2D eigenvalue weighted by atomic mass is 32.2. The maximum atomic E-state index is 12.4. The molecule has 0 aromatic carbocycles. The van der Waals surface area contributed by atoms with Crippen LogP contribution >= 0.6 is 0 Å². The molecule has 0 radical (unpaired) electrons. The Morgan fingerprint density at radius 1 is 1.29 bits per heavy atom. The second-order valence-electron chi connectivity index (χ2n) is 7.88. The average Bonchev–Trinajstić information content (AvgIpc) is 3.23. The number of aromatic nitrogens is 2. The van der Waals surface area contributed by atoms with Gasteiger partial charge in [-0.05, 0) is 31.7 Å². The molecule has 1 aromatic heterocycles. The van der Waals surface area contributed by atoms with Crippen LogP contribution in [0.4, 0.5) is 0 Å². The lowest BCUT2D eigenvalue weighted by molar-refractivity contribution is -0.150. The van der Waals surface area contributed by atoms with Gasteiger partial charge >= 0.3 is 5.97 Å². The Morgan fingerprint density at radius 2 is 1.88 bits per heavy atom. The van der Waals surface area contributed by atoms with Crippen molar-refractivity contribution in [2.45, 2.75) is 62.7 Å². The highest BCUT2D eigenvalue weighted by Crippen LogP contribution is 2.37. The van der Waals surface area contributed by atoms with Crippen molar-refractivity contribution in [3.05, 3.63) is 18.0 Å². The number of carbonyl (C=O) groups is 1. The molecule has 1 aliphatic heterocycles. The maximum Gasteiger partial charge on any atom is 0.331 e. The number of carboxylic acid groups (broad SMARTS) is 1. The number of hydrogen-bond acceptors (Lipinski definition) is 4. The number of hydrogen-bond donors (Lipinski definition) is 1. The van der Waals surface area contributed by atoms with E-state index in [1.54, 1.807) is 6.20 Å². The Morgan fingerprint density at radius 3 is 2.29 bits per heavy atom. The predicted octanol–water partition coefficient (Wildman–Crippen LogP) is 1.55. The number of piperidine rings is 1. The molecule has 8 heteroatoms. The minimum atomic E-state index is -3.25. The van der Waals surface area contributed by atoms with Crippen molar-refractivity contribution in [2.75, 3.05) is 13.1 Å². The Kier molecular flexibility index (Phi) is 4.03. The van der Waals surface area contributed by atoms with E-state index < -0.39 is 21.5 Å². The number of sulfonamides is 1. The molecule has 1 N–H and O–H groups in total. The molecular weight excluding hydrogens is 330 g/mol. The summed E-state index contributed by atoms with van der Waals surface area (Å²) in [5.41, 5.74) is -0.504. The monoisotopic (exact) mass is 355 g/mol. The quantitative estimate of drug-likeness (QED) is 0.884. The lowest BCUT2D eigenvalue weighted by Gasteiger charge is -2.38. The maximum absolute atomic E-state index is 12.4. The fraction of sp³-hybridized carbons (Fsp3) is 0.750. The van der Waals surface area contributed by atoms with Gasteiger partial charge in [-0.25, -0.2) is 17.5 Å². The number of aliphatic carboxylic acids is 1. The van der Waals surface area contributed by atoms with Gasteiger partial charge in [-0.1, -0.05) is 20.8 Å². The van der Waals surface area contributed by atoms with Gasteiger partial charge in [0.05, 0.1) is 10.9 Å². The first kappa shape index (κ1) is 17.4. The predicted molar refractivity (Wildman–Crippen MR) is 89.3 cm³/mol. The topological polar surface area (TPSA) is 92.5 Å². The van der Waals surface area contributed by atoms with Crippen LogP contribution in [-0.4, -0.2) is 51.9 Å². The van der Waals surface area contributed by atoms with Crippen LogP contribution in [0, 0.1) is 0 Å². The second-order valence-corrected chi connectivity index (χ2v) is 10.1. The van der Waals surface area contributed by atoms with Gasteiger partial charge in [0.1, 0.15) is 0 Å². The normalized spacial score (nSPS) is 22.5. The Labute approximate surface area is 142 Å². The summed E-state index contributed by atoms with van der Waals surface area (Å²) < 4.78 is 27.7. The molecular formula is C16H25N3O4S. The van der Waals surface area contributed by atoms with Crippen LogP contribution in [0.3, 0.4) is 0 Å². The first-order valence-corrected chi connectivity index (χ1v) is 9.87. The molecule has 1 saturated heterocycles. The number of carboxylic acids is 1. The van der Waals surface area contributed by atoms with Crippen LogP contribution in [-0.2, 0) is 25.8 Å². The summed E-state index contributed by atoms with van der Waals surface area (Å²) in [7, 11) is -3.25. The zero-order valence-electron chi connectivity index (χ0n) is 14.4. The van der Waals surface area contributed by atoms with Crippen molar-refractivity contribution < 1.29 is 18.3 Å². The zero-order chi connectivity index (χ0) is 17.8. The van der Waals surface area contributed by atoms with E-state index in [1.165, 1.54) is 8.99 Å². The third kappa shape index (κ3) is 2.86. The van der Waals surface area contributed by atoms with Gasteiger partial charge in [-0.15, -0.1) is 0 Å². The smallest absolute Gasteiger partial charge is 0.331 e. The summed E-state index contributed by atoms with van der Waals surface area (Å²) in [6, 6.07) is 1.85. The van der Waals surface area contributed by atoms with Crippen LogP contribution in [0.1, 0.15) is 52.1 Å². The third-order valence-corrected chi connectivity index (χ3v) is 7.45. The number of rotatable bonds is 4. The van der Waals surface area contributed by atoms with Crippen LogP contribution < -0.4 is 0 Å². The van der Waals surface area contributed by atoms with Gasteiger partial charge in [-0.3, -0.25) is 4.68 Å². The van der Waals surface area contributed by atoms with Crippen molar-refractivity contribution >= 4 is 16.0 Å². The highest BCUT2D eigenvalue weighted by molar-refractivity contribution is 7.90. The largest absolute Gasteiger partial charge is 0.479 e. The molecule has 0 bridgehead atoms. The Hall–Kier alpha value is -1.41. The molecule has 24 heavy (non-hydrogen) atoms. The summed E-state index contributed by atoms with van der Waals surface area (Å²) in [6.45, 7) is 6.54. The molecule has 1 aromatic rings. The van der Waals surface area contributed by atoms with Gasteiger partial charge in [0.2, 0.25) is 10.0 Å². The zero-order valence-corrected chi connectivity index (χ0v) is 15.2. The van der Waals surface area contributed by atoms with Crippen LogP contribution in [0.5, 0.6) is 0 Å². The minimum Gasteiger partial charge on any atom is -0.479 e. The van der Waals surface area contributed by atoms with E-state index in [2.05, 4.69) is 5.10 Å². The SMILES string of the molecule is CC(C)(C)c1ccn(C2(C(=O)O)CCN(S(=O)(=O)C3CC3)CC2)n1. The molecule has 0 amide bonds. The molecule has 0 unspecified atom stereocenters. The summed E-state index contributed by atoms with van der Waals surface area (Å²) in [5, 5.41) is 14.1. The fourth-order valence-corrected chi connectivity index (χ4v) is 5.04. The average molecular weight is 355 g/mol. The van der Waals surface area contributed by atoms with Crippen molar-refractivity contribution in [1.29, 1.82) is 0 Å². The molecule has 7 nitrogen and oxygen atoms in total.